The van der Waals surface area contributed by atoms with Crippen LogP contribution < -0.4 is 26.8 Å². The number of nitrogens with two attached hydrogens (primary N) is 2. The van der Waals surface area contributed by atoms with Crippen LogP contribution in [0.25, 0.3) is 5.57 Å². The standard InChI is InChI=1S/C20H26FN5O/c1-11-9-16(24-2)26-20(23,25-11)15-10-13-7-8-27-19(13)17(18(15)21)12-3-5-14(22)6-4-12/h3,9-10,14,25H,4-8,22-23H2,1-2H3,(H,24,26)/t14-,20?/m1/s1. The molecule has 6 N–H and O–H groups in total. The Morgan fingerprint density at radius 2 is 2.15 bits per heavy atom. The smallest absolute Gasteiger partial charge is 0.192 e. The van der Waals surface area contributed by atoms with Crippen LogP contribution in [0.1, 0.15) is 42.9 Å². The number of nitrogens with zero attached hydrogens (tertiary/aromatic N) is 1. The van der Waals surface area contributed by atoms with Crippen molar-refractivity contribution in [1.29, 1.82) is 0 Å². The minimum atomic E-state index is -1.28. The number of amidine groups is 1. The Morgan fingerprint density at radius 1 is 1.33 bits per heavy atom. The second-order valence-electron chi connectivity index (χ2n) is 7.46. The zero-order valence-electron chi connectivity index (χ0n) is 15.7. The van der Waals surface area contributed by atoms with Crippen LogP contribution in [-0.2, 0) is 12.2 Å². The van der Waals surface area contributed by atoms with E-state index in [9.17, 15) is 0 Å². The van der Waals surface area contributed by atoms with E-state index in [1.165, 1.54) is 0 Å². The molecule has 27 heavy (non-hydrogen) atoms. The number of halogens is 1. The molecule has 1 aromatic carbocycles. The van der Waals surface area contributed by atoms with E-state index in [-0.39, 0.29) is 11.9 Å². The lowest BCUT2D eigenvalue weighted by Gasteiger charge is -2.38. The van der Waals surface area contributed by atoms with E-state index in [1.807, 2.05) is 25.1 Å². The number of rotatable bonds is 2. The van der Waals surface area contributed by atoms with Gasteiger partial charge >= 0.3 is 0 Å². The van der Waals surface area contributed by atoms with E-state index in [0.717, 1.165) is 42.5 Å². The molecule has 0 spiro atoms. The monoisotopic (exact) mass is 371 g/mol. The van der Waals surface area contributed by atoms with Crippen molar-refractivity contribution in [3.63, 3.8) is 0 Å². The Bertz CT molecular complexity index is 876. The van der Waals surface area contributed by atoms with E-state index in [0.29, 0.717) is 29.3 Å². The van der Waals surface area contributed by atoms with Crippen LogP contribution in [0, 0.1) is 5.82 Å². The maximum absolute atomic E-state index is 15.8. The van der Waals surface area contributed by atoms with Gasteiger partial charge in [-0.15, -0.1) is 0 Å². The van der Waals surface area contributed by atoms with Crippen LogP contribution in [0.4, 0.5) is 4.39 Å². The average Bonchev–Trinajstić information content (AvgIpc) is 3.09. The molecule has 0 bridgehead atoms. The summed E-state index contributed by atoms with van der Waals surface area (Å²) in [6.07, 6.45) is 6.92. The third kappa shape index (κ3) is 3.11. The molecule has 0 saturated heterocycles. The first-order chi connectivity index (χ1) is 12.9. The molecule has 144 valence electrons. The highest BCUT2D eigenvalue weighted by molar-refractivity contribution is 5.95. The van der Waals surface area contributed by atoms with Gasteiger partial charge in [0.2, 0.25) is 0 Å². The van der Waals surface area contributed by atoms with Gasteiger partial charge in [0.25, 0.3) is 0 Å². The molecule has 0 saturated carbocycles. The number of benzene rings is 1. The maximum atomic E-state index is 15.8. The Labute approximate surface area is 158 Å². The largest absolute Gasteiger partial charge is 0.492 e. The molecular formula is C20H26FN5O. The summed E-state index contributed by atoms with van der Waals surface area (Å²) in [5.41, 5.74) is 16.2. The van der Waals surface area contributed by atoms with Crippen LogP contribution in [0.15, 0.2) is 28.9 Å². The first-order valence-corrected chi connectivity index (χ1v) is 9.35. The molecule has 0 radical (unpaired) electrons. The summed E-state index contributed by atoms with van der Waals surface area (Å²) in [4.78, 5) is 4.18. The van der Waals surface area contributed by atoms with Crippen molar-refractivity contribution in [2.45, 2.75) is 44.4 Å². The molecule has 2 atom stereocenters. The summed E-state index contributed by atoms with van der Waals surface area (Å²) in [7, 11) is 1.67. The zero-order chi connectivity index (χ0) is 19.2. The lowest BCUT2D eigenvalue weighted by Crippen LogP contribution is -2.64. The van der Waals surface area contributed by atoms with Gasteiger partial charge in [-0.05, 0) is 49.5 Å². The zero-order valence-corrected chi connectivity index (χ0v) is 15.7. The van der Waals surface area contributed by atoms with E-state index in [1.54, 1.807) is 7.05 Å². The summed E-state index contributed by atoms with van der Waals surface area (Å²) in [5, 5.41) is 6.28. The normalized spacial score (nSPS) is 28.6. The second-order valence-corrected chi connectivity index (χ2v) is 7.46. The van der Waals surface area contributed by atoms with Crippen molar-refractivity contribution < 1.29 is 9.13 Å². The van der Waals surface area contributed by atoms with Crippen LogP contribution in [0.5, 0.6) is 5.75 Å². The quantitative estimate of drug-likeness (QED) is 0.636. The average molecular weight is 371 g/mol. The Morgan fingerprint density at radius 3 is 2.85 bits per heavy atom. The number of allylic oxidation sites excluding steroid dienone is 2. The Kier molecular flexibility index (Phi) is 4.44. The number of aliphatic imine (C=N–C) groups is 1. The van der Waals surface area contributed by atoms with Crippen molar-refractivity contribution in [1.82, 2.24) is 10.6 Å². The third-order valence-electron chi connectivity index (χ3n) is 5.42. The third-order valence-corrected chi connectivity index (χ3v) is 5.42. The summed E-state index contributed by atoms with van der Waals surface area (Å²) in [6, 6.07) is 1.94. The highest BCUT2D eigenvalue weighted by Crippen LogP contribution is 2.42. The molecule has 0 amide bonds. The van der Waals surface area contributed by atoms with Crippen molar-refractivity contribution in [3.8, 4) is 5.75 Å². The lowest BCUT2D eigenvalue weighted by atomic mass is 9.87. The van der Waals surface area contributed by atoms with Crippen molar-refractivity contribution in [3.05, 3.63) is 46.4 Å². The lowest BCUT2D eigenvalue weighted by molar-refractivity contribution is 0.324. The van der Waals surface area contributed by atoms with E-state index >= 15 is 4.39 Å². The molecule has 0 aromatic heterocycles. The molecule has 3 aliphatic rings. The molecule has 1 aromatic rings. The minimum Gasteiger partial charge on any atom is -0.492 e. The van der Waals surface area contributed by atoms with Crippen LogP contribution in [-0.4, -0.2) is 25.5 Å². The molecule has 7 heteroatoms. The first kappa shape index (κ1) is 18.0. The Hall–Kier alpha value is -2.38. The van der Waals surface area contributed by atoms with Crippen molar-refractivity contribution >= 4 is 11.4 Å². The fraction of sp³-hybridized carbons (Fsp3) is 0.450. The summed E-state index contributed by atoms with van der Waals surface area (Å²) < 4.78 is 21.6. The van der Waals surface area contributed by atoms with Gasteiger partial charge in [-0.25, -0.2) is 4.39 Å². The van der Waals surface area contributed by atoms with E-state index in [4.69, 9.17) is 16.2 Å². The first-order valence-electron chi connectivity index (χ1n) is 9.35. The van der Waals surface area contributed by atoms with E-state index < -0.39 is 5.79 Å². The van der Waals surface area contributed by atoms with Crippen LogP contribution in [0.2, 0.25) is 0 Å². The van der Waals surface area contributed by atoms with Gasteiger partial charge in [0, 0.05) is 30.8 Å². The fourth-order valence-electron chi connectivity index (χ4n) is 4.04. The molecule has 6 nitrogen and oxygen atoms in total. The number of ether oxygens (including phenoxy) is 1. The molecule has 2 heterocycles. The van der Waals surface area contributed by atoms with Gasteiger partial charge in [-0.3, -0.25) is 10.7 Å². The van der Waals surface area contributed by atoms with Crippen LogP contribution >= 0.6 is 0 Å². The predicted octanol–water partition coefficient (Wildman–Crippen LogP) is 1.85. The van der Waals surface area contributed by atoms with Crippen molar-refractivity contribution in [2.24, 2.45) is 16.5 Å². The Balaban J connectivity index is 1.86. The van der Waals surface area contributed by atoms with Gasteiger partial charge in [0.1, 0.15) is 17.4 Å². The van der Waals surface area contributed by atoms with Crippen molar-refractivity contribution in [2.75, 3.05) is 13.7 Å². The number of fused-ring (bicyclic) bond motifs is 1. The highest BCUT2D eigenvalue weighted by Gasteiger charge is 2.38. The van der Waals surface area contributed by atoms with Gasteiger partial charge in [0.15, 0.2) is 5.79 Å². The topological polar surface area (TPSA) is 97.7 Å². The summed E-state index contributed by atoms with van der Waals surface area (Å²) in [6.45, 7) is 2.44. The van der Waals surface area contributed by atoms with E-state index in [2.05, 4.69) is 15.6 Å². The summed E-state index contributed by atoms with van der Waals surface area (Å²) in [5.74, 6) is -0.385. The highest BCUT2D eigenvalue weighted by atomic mass is 19.1. The predicted molar refractivity (Wildman–Crippen MR) is 105 cm³/mol. The molecule has 2 aliphatic heterocycles. The fourth-order valence-corrected chi connectivity index (χ4v) is 4.04. The molecule has 4 rings (SSSR count). The number of hydrogen-bond donors (Lipinski definition) is 4. The second kappa shape index (κ2) is 6.65. The maximum Gasteiger partial charge on any atom is 0.192 e. The molecule has 1 unspecified atom stereocenters. The van der Waals surface area contributed by atoms with Gasteiger partial charge in [-0.2, -0.15) is 0 Å². The van der Waals surface area contributed by atoms with Crippen LogP contribution in [0.3, 0.4) is 0 Å². The van der Waals surface area contributed by atoms with Gasteiger partial charge in [-0.1, -0.05) is 6.08 Å². The number of hydrogen-bond acceptors (Lipinski definition) is 5. The summed E-state index contributed by atoms with van der Waals surface area (Å²) >= 11 is 0. The molecule has 0 fully saturated rings. The van der Waals surface area contributed by atoms with Gasteiger partial charge in [0.05, 0.1) is 12.2 Å². The number of nitrogens with one attached hydrogen (secondary N) is 2. The minimum absolute atomic E-state index is 0.132. The molecule has 1 aliphatic carbocycles. The SMILES string of the molecule is CN=C1C=C(C)NC(N)(c2cc3c(c(C4=CC[C@@H](N)CC4)c2F)OCC3)N1. The molecular weight excluding hydrogens is 345 g/mol. The van der Waals surface area contributed by atoms with Gasteiger partial charge < -0.3 is 21.1 Å².